The van der Waals surface area contributed by atoms with E-state index in [1.807, 2.05) is 0 Å². The number of pyridine rings is 1. The molecule has 1 amide bonds. The second-order valence-corrected chi connectivity index (χ2v) is 5.49. The maximum absolute atomic E-state index is 12.6. The average molecular weight is 389 g/mol. The number of hydrogen-bond donors (Lipinski definition) is 1. The van der Waals surface area contributed by atoms with E-state index >= 15 is 0 Å². The van der Waals surface area contributed by atoms with Gasteiger partial charge in [0.15, 0.2) is 5.82 Å². The first-order chi connectivity index (χ1) is 13.2. The van der Waals surface area contributed by atoms with Gasteiger partial charge in [-0.3, -0.25) is 14.9 Å². The Hall–Kier alpha value is -3.89. The summed E-state index contributed by atoms with van der Waals surface area (Å²) in [6.07, 6.45) is -3.47. The van der Waals surface area contributed by atoms with Crippen LogP contribution in [-0.2, 0) is 6.18 Å². The lowest BCUT2D eigenvalue weighted by Crippen LogP contribution is -2.15. The second kappa shape index (κ2) is 7.39. The van der Waals surface area contributed by atoms with E-state index in [0.29, 0.717) is 11.3 Å². The van der Waals surface area contributed by atoms with Crippen LogP contribution in [0, 0.1) is 10.1 Å². The number of carbonyl (C=O) groups is 1. The van der Waals surface area contributed by atoms with Crippen molar-refractivity contribution in [2.75, 3.05) is 5.32 Å². The summed E-state index contributed by atoms with van der Waals surface area (Å²) >= 11 is 0. The van der Waals surface area contributed by atoms with E-state index in [0.717, 1.165) is 24.4 Å². The molecule has 8 nitrogen and oxygen atoms in total. The number of hydrogen-bond acceptors (Lipinski definition) is 6. The van der Waals surface area contributed by atoms with E-state index in [4.69, 9.17) is 0 Å². The molecule has 0 saturated heterocycles. The van der Waals surface area contributed by atoms with E-state index in [1.54, 1.807) is 0 Å². The highest BCUT2D eigenvalue weighted by atomic mass is 19.4. The number of alkyl halides is 3. The fraction of sp³-hybridized carbons (Fsp3) is 0.0588. The zero-order valence-electron chi connectivity index (χ0n) is 13.8. The largest absolute Gasteiger partial charge is 0.416 e. The maximum Gasteiger partial charge on any atom is 0.416 e. The van der Waals surface area contributed by atoms with Crippen molar-refractivity contribution in [2.24, 2.45) is 0 Å². The molecule has 0 radical (unpaired) electrons. The van der Waals surface area contributed by atoms with Crippen molar-refractivity contribution in [3.8, 4) is 11.3 Å². The van der Waals surface area contributed by atoms with Crippen molar-refractivity contribution in [1.29, 1.82) is 0 Å². The van der Waals surface area contributed by atoms with Crippen molar-refractivity contribution in [2.45, 2.75) is 6.18 Å². The van der Waals surface area contributed by atoms with Crippen molar-refractivity contribution in [3.05, 3.63) is 76.1 Å². The van der Waals surface area contributed by atoms with Gasteiger partial charge in [-0.1, -0.05) is 12.1 Å². The zero-order valence-corrected chi connectivity index (χ0v) is 13.8. The molecule has 0 fully saturated rings. The van der Waals surface area contributed by atoms with Gasteiger partial charge in [0, 0.05) is 11.6 Å². The normalized spacial score (nSPS) is 11.1. The highest BCUT2D eigenvalue weighted by Gasteiger charge is 2.30. The third-order valence-electron chi connectivity index (χ3n) is 3.61. The molecule has 1 aromatic carbocycles. The van der Waals surface area contributed by atoms with Crippen LogP contribution in [0.4, 0.5) is 24.7 Å². The van der Waals surface area contributed by atoms with Crippen molar-refractivity contribution >= 4 is 17.4 Å². The molecule has 0 saturated carbocycles. The highest BCUT2D eigenvalue weighted by Crippen LogP contribution is 2.30. The zero-order chi connectivity index (χ0) is 20.3. The average Bonchev–Trinajstić information content (AvgIpc) is 2.68. The van der Waals surface area contributed by atoms with Gasteiger partial charge >= 0.3 is 6.18 Å². The van der Waals surface area contributed by atoms with Gasteiger partial charge in [-0.2, -0.15) is 13.2 Å². The number of aromatic nitrogens is 3. The molecule has 11 heteroatoms. The molecular formula is C17H10F3N5O3. The Bertz CT molecular complexity index is 1000. The molecule has 0 aliphatic heterocycles. The lowest BCUT2D eigenvalue weighted by Gasteiger charge is -2.07. The standard InChI is InChI=1S/C17H10F3N5O3/c18-17(19,20)11-3-1-10(2-4-11)13-7-8-15(24-23-13)22-16(26)14-6-5-12(9-21-14)25(27)28/h1-9H,(H,22,24,26). The first kappa shape index (κ1) is 18.9. The van der Waals surface area contributed by atoms with Crippen LogP contribution >= 0.6 is 0 Å². The molecule has 142 valence electrons. The summed E-state index contributed by atoms with van der Waals surface area (Å²) < 4.78 is 37.8. The number of halogens is 3. The molecule has 28 heavy (non-hydrogen) atoms. The third-order valence-corrected chi connectivity index (χ3v) is 3.61. The van der Waals surface area contributed by atoms with Gasteiger partial charge in [-0.15, -0.1) is 10.2 Å². The summed E-state index contributed by atoms with van der Waals surface area (Å²) in [5, 5.41) is 20.7. The van der Waals surface area contributed by atoms with Crippen LogP contribution in [0.2, 0.25) is 0 Å². The molecule has 3 aromatic rings. The number of carbonyl (C=O) groups excluding carboxylic acids is 1. The molecule has 0 spiro atoms. The fourth-order valence-corrected chi connectivity index (χ4v) is 2.19. The minimum Gasteiger partial charge on any atom is -0.304 e. The molecule has 0 atom stereocenters. The fourth-order valence-electron chi connectivity index (χ4n) is 2.19. The number of rotatable bonds is 4. The van der Waals surface area contributed by atoms with E-state index in [1.165, 1.54) is 30.3 Å². The van der Waals surface area contributed by atoms with E-state index in [2.05, 4.69) is 20.5 Å². The van der Waals surface area contributed by atoms with Crippen LogP contribution in [0.1, 0.15) is 16.1 Å². The minimum absolute atomic E-state index is 0.0563. The number of nitrogens with one attached hydrogen (secondary N) is 1. The first-order valence-electron chi connectivity index (χ1n) is 7.67. The third kappa shape index (κ3) is 4.26. The molecular weight excluding hydrogens is 379 g/mol. The van der Waals surface area contributed by atoms with Crippen LogP contribution in [-0.4, -0.2) is 26.0 Å². The summed E-state index contributed by atoms with van der Waals surface area (Å²) in [4.78, 5) is 25.7. The van der Waals surface area contributed by atoms with Gasteiger partial charge in [0.1, 0.15) is 11.9 Å². The van der Waals surface area contributed by atoms with Crippen molar-refractivity contribution < 1.29 is 22.9 Å². The monoisotopic (exact) mass is 389 g/mol. The van der Waals surface area contributed by atoms with E-state index in [9.17, 15) is 28.1 Å². The summed E-state index contributed by atoms with van der Waals surface area (Å²) in [7, 11) is 0. The topological polar surface area (TPSA) is 111 Å². The van der Waals surface area contributed by atoms with Gasteiger partial charge in [0.05, 0.1) is 16.2 Å². The molecule has 0 aliphatic rings. The Morgan fingerprint density at radius 3 is 2.21 bits per heavy atom. The summed E-state index contributed by atoms with van der Waals surface area (Å²) in [5.74, 6) is -0.563. The second-order valence-electron chi connectivity index (χ2n) is 5.49. The van der Waals surface area contributed by atoms with Gasteiger partial charge in [-0.25, -0.2) is 4.98 Å². The molecule has 0 aliphatic carbocycles. The molecule has 0 unspecified atom stereocenters. The number of nitro groups is 1. The summed E-state index contributed by atoms with van der Waals surface area (Å²) in [5.41, 5.74) is -0.337. The molecule has 0 bridgehead atoms. The van der Waals surface area contributed by atoms with Gasteiger partial charge in [-0.05, 0) is 30.3 Å². The number of amides is 1. The summed E-state index contributed by atoms with van der Waals surface area (Å²) in [6.45, 7) is 0. The predicted molar refractivity (Wildman–Crippen MR) is 91.3 cm³/mol. The molecule has 3 rings (SSSR count). The van der Waals surface area contributed by atoms with Crippen molar-refractivity contribution in [1.82, 2.24) is 15.2 Å². The SMILES string of the molecule is O=C(Nc1ccc(-c2ccc(C(F)(F)F)cc2)nn1)c1ccc([N+](=O)[O-])cn1. The maximum atomic E-state index is 12.6. The number of nitrogens with zero attached hydrogens (tertiary/aromatic N) is 4. The Labute approximate surface area is 155 Å². The Morgan fingerprint density at radius 1 is 1.00 bits per heavy atom. The van der Waals surface area contributed by atoms with Crippen LogP contribution in [0.25, 0.3) is 11.3 Å². The summed E-state index contributed by atoms with van der Waals surface area (Å²) in [6, 6.07) is 9.65. The quantitative estimate of drug-likeness (QED) is 0.538. The van der Waals surface area contributed by atoms with Gasteiger partial charge in [0.25, 0.3) is 11.6 Å². The molecule has 2 aromatic heterocycles. The van der Waals surface area contributed by atoms with Gasteiger partial charge in [0.2, 0.25) is 0 Å². The number of anilines is 1. The Balaban J connectivity index is 1.70. The van der Waals surface area contributed by atoms with Crippen molar-refractivity contribution in [3.63, 3.8) is 0 Å². The molecule has 2 heterocycles. The highest BCUT2D eigenvalue weighted by molar-refractivity contribution is 6.02. The lowest BCUT2D eigenvalue weighted by atomic mass is 10.1. The number of benzene rings is 1. The Kier molecular flexibility index (Phi) is 4.98. The Morgan fingerprint density at radius 2 is 1.71 bits per heavy atom. The van der Waals surface area contributed by atoms with Crippen LogP contribution < -0.4 is 5.32 Å². The van der Waals surface area contributed by atoms with Crippen LogP contribution in [0.15, 0.2) is 54.7 Å². The smallest absolute Gasteiger partial charge is 0.304 e. The lowest BCUT2D eigenvalue weighted by molar-refractivity contribution is -0.385. The van der Waals surface area contributed by atoms with Crippen LogP contribution in [0.3, 0.4) is 0 Å². The van der Waals surface area contributed by atoms with E-state index < -0.39 is 22.6 Å². The van der Waals surface area contributed by atoms with Crippen LogP contribution in [0.5, 0.6) is 0 Å². The predicted octanol–water partition coefficient (Wildman–Crippen LogP) is 3.72. The van der Waals surface area contributed by atoms with E-state index in [-0.39, 0.29) is 17.2 Å². The van der Waals surface area contributed by atoms with Gasteiger partial charge < -0.3 is 5.32 Å². The minimum atomic E-state index is -4.43. The molecule has 1 N–H and O–H groups in total. The first-order valence-corrected chi connectivity index (χ1v) is 7.67.